The van der Waals surface area contributed by atoms with Crippen LogP contribution in [-0.2, 0) is 6.42 Å². The van der Waals surface area contributed by atoms with E-state index < -0.39 is 0 Å². The molecule has 6 heteroatoms. The van der Waals surface area contributed by atoms with Gasteiger partial charge in [-0.3, -0.25) is 4.79 Å². The van der Waals surface area contributed by atoms with Gasteiger partial charge in [0.05, 0.1) is 23.3 Å². The Bertz CT molecular complexity index is 950. The maximum atomic E-state index is 12.3. The maximum absolute atomic E-state index is 12.3. The van der Waals surface area contributed by atoms with Gasteiger partial charge >= 0.3 is 0 Å². The summed E-state index contributed by atoms with van der Waals surface area (Å²) in [6.45, 7) is 2.84. The quantitative estimate of drug-likeness (QED) is 0.758. The summed E-state index contributed by atoms with van der Waals surface area (Å²) in [6, 6.07) is 9.93. The largest absolute Gasteiger partial charge is 0.489 e. The lowest BCUT2D eigenvalue weighted by atomic mass is 9.96. The van der Waals surface area contributed by atoms with Gasteiger partial charge in [0.25, 0.3) is 5.91 Å². The lowest BCUT2D eigenvalue weighted by Crippen LogP contribution is -2.24. The zero-order chi connectivity index (χ0) is 18.1. The zero-order valence-corrected chi connectivity index (χ0v) is 15.0. The van der Waals surface area contributed by atoms with Crippen LogP contribution in [0.3, 0.4) is 0 Å². The van der Waals surface area contributed by atoms with E-state index in [4.69, 9.17) is 20.8 Å². The lowest BCUT2D eigenvalue weighted by molar-refractivity contribution is 0.0957. The number of carbonyl (C=O) groups is 1. The summed E-state index contributed by atoms with van der Waals surface area (Å²) >= 11 is 6.49. The molecule has 0 radical (unpaired) electrons. The van der Waals surface area contributed by atoms with Crippen LogP contribution in [0.5, 0.6) is 5.75 Å². The van der Waals surface area contributed by atoms with Crippen molar-refractivity contribution in [3.63, 3.8) is 0 Å². The van der Waals surface area contributed by atoms with Gasteiger partial charge in [-0.05, 0) is 36.1 Å². The number of carbonyl (C=O) groups excluding carboxylic acids is 1. The van der Waals surface area contributed by atoms with Crippen molar-refractivity contribution >= 4 is 17.5 Å². The van der Waals surface area contributed by atoms with E-state index in [0.29, 0.717) is 35.9 Å². The Labute approximate surface area is 156 Å². The minimum Gasteiger partial charge on any atom is -0.489 e. The third-order valence-electron chi connectivity index (χ3n) is 4.52. The van der Waals surface area contributed by atoms with E-state index in [0.717, 1.165) is 28.0 Å². The molecular formula is C20H17ClN2O3. The molecule has 0 atom stereocenters. The Hall–Kier alpha value is -2.79. The van der Waals surface area contributed by atoms with Crippen molar-refractivity contribution in [2.24, 2.45) is 0 Å². The molecule has 0 unspecified atom stereocenters. The highest BCUT2D eigenvalue weighted by molar-refractivity contribution is 6.33. The summed E-state index contributed by atoms with van der Waals surface area (Å²) in [5.41, 5.74) is 4.51. The van der Waals surface area contributed by atoms with Gasteiger partial charge in [-0.15, -0.1) is 0 Å². The third kappa shape index (κ3) is 3.06. The zero-order valence-electron chi connectivity index (χ0n) is 14.2. The number of halogens is 1. The van der Waals surface area contributed by atoms with Crippen molar-refractivity contribution < 1.29 is 13.9 Å². The molecule has 4 rings (SSSR count). The maximum Gasteiger partial charge on any atom is 0.255 e. The lowest BCUT2D eigenvalue weighted by Gasteiger charge is -2.15. The van der Waals surface area contributed by atoms with Crippen LogP contribution >= 0.6 is 11.6 Å². The van der Waals surface area contributed by atoms with Gasteiger partial charge in [-0.2, -0.15) is 0 Å². The summed E-state index contributed by atoms with van der Waals surface area (Å²) in [5, 5.41) is 3.33. The van der Waals surface area contributed by atoms with Gasteiger partial charge in [-0.25, -0.2) is 4.98 Å². The van der Waals surface area contributed by atoms with Crippen molar-refractivity contribution in [2.75, 3.05) is 13.2 Å². The SMILES string of the molecule is Cc1c(Cc2ccc(-c3cnco3)cc2)cc2c(c1Cl)OCCNC2=O. The minimum atomic E-state index is -0.152. The van der Waals surface area contributed by atoms with E-state index in [1.807, 2.05) is 37.3 Å². The molecule has 2 heterocycles. The topological polar surface area (TPSA) is 64.4 Å². The van der Waals surface area contributed by atoms with Crippen LogP contribution in [-0.4, -0.2) is 24.0 Å². The molecule has 0 aliphatic carbocycles. The predicted octanol–water partition coefficient (Wildman–Crippen LogP) is 4.02. The number of nitrogens with one attached hydrogen (secondary N) is 1. The molecule has 0 fully saturated rings. The molecule has 1 amide bonds. The number of aromatic nitrogens is 1. The van der Waals surface area contributed by atoms with Gasteiger partial charge in [-0.1, -0.05) is 35.9 Å². The molecule has 26 heavy (non-hydrogen) atoms. The van der Waals surface area contributed by atoms with Crippen molar-refractivity contribution in [1.82, 2.24) is 10.3 Å². The van der Waals surface area contributed by atoms with Crippen LogP contribution in [0, 0.1) is 6.92 Å². The smallest absolute Gasteiger partial charge is 0.255 e. The second-order valence-corrected chi connectivity index (χ2v) is 6.57. The Morgan fingerprint density at radius 1 is 1.27 bits per heavy atom. The van der Waals surface area contributed by atoms with Crippen LogP contribution in [0.2, 0.25) is 5.02 Å². The van der Waals surface area contributed by atoms with Gasteiger partial charge in [0, 0.05) is 5.56 Å². The second-order valence-electron chi connectivity index (χ2n) is 6.20. The van der Waals surface area contributed by atoms with E-state index in [2.05, 4.69) is 10.3 Å². The number of amides is 1. The van der Waals surface area contributed by atoms with Crippen molar-refractivity contribution in [2.45, 2.75) is 13.3 Å². The summed E-state index contributed by atoms with van der Waals surface area (Å²) in [4.78, 5) is 16.2. The number of fused-ring (bicyclic) bond motifs is 1. The first-order chi connectivity index (χ1) is 12.6. The first-order valence-corrected chi connectivity index (χ1v) is 8.72. The number of ether oxygens (including phenoxy) is 1. The highest BCUT2D eigenvalue weighted by Gasteiger charge is 2.22. The summed E-state index contributed by atoms with van der Waals surface area (Å²) < 4.78 is 11.0. The molecule has 132 valence electrons. The van der Waals surface area contributed by atoms with E-state index in [1.54, 1.807) is 6.20 Å². The Morgan fingerprint density at radius 2 is 2.08 bits per heavy atom. The molecule has 1 aromatic heterocycles. The van der Waals surface area contributed by atoms with Crippen LogP contribution in [0.4, 0.5) is 0 Å². The molecule has 1 N–H and O–H groups in total. The van der Waals surface area contributed by atoms with Crippen molar-refractivity contribution in [3.8, 4) is 17.1 Å². The van der Waals surface area contributed by atoms with Gasteiger partial charge in [0.2, 0.25) is 0 Å². The molecule has 1 aliphatic rings. The molecular weight excluding hydrogens is 352 g/mol. The van der Waals surface area contributed by atoms with Gasteiger partial charge in [0.15, 0.2) is 17.9 Å². The fourth-order valence-corrected chi connectivity index (χ4v) is 3.33. The van der Waals surface area contributed by atoms with Crippen molar-refractivity contribution in [1.29, 1.82) is 0 Å². The predicted molar refractivity (Wildman–Crippen MR) is 98.8 cm³/mol. The number of nitrogens with zero attached hydrogens (tertiary/aromatic N) is 1. The van der Waals surface area contributed by atoms with E-state index in [9.17, 15) is 4.79 Å². The standard InChI is InChI=1S/C20H17ClN2O3/c1-12-15(9-16-19(18(12)21)25-7-6-23-20(16)24)8-13-2-4-14(5-3-13)17-10-22-11-26-17/h2-5,9-11H,6-8H2,1H3,(H,23,24). The Morgan fingerprint density at radius 3 is 2.81 bits per heavy atom. The van der Waals surface area contributed by atoms with Gasteiger partial charge < -0.3 is 14.5 Å². The van der Waals surface area contributed by atoms with Crippen molar-refractivity contribution in [3.05, 3.63) is 70.2 Å². The number of hydrogen-bond donors (Lipinski definition) is 1. The second kappa shape index (κ2) is 6.84. The average Bonchev–Trinajstić information content (AvgIpc) is 3.12. The highest BCUT2D eigenvalue weighted by Crippen LogP contribution is 2.36. The van der Waals surface area contributed by atoms with Gasteiger partial charge in [0.1, 0.15) is 6.61 Å². The summed E-state index contributed by atoms with van der Waals surface area (Å²) in [5.74, 6) is 1.06. The van der Waals surface area contributed by atoms with E-state index in [1.165, 1.54) is 6.39 Å². The number of benzene rings is 2. The number of oxazole rings is 1. The summed E-state index contributed by atoms with van der Waals surface area (Å²) in [7, 11) is 0. The summed E-state index contributed by atoms with van der Waals surface area (Å²) in [6.07, 6.45) is 3.77. The Kier molecular flexibility index (Phi) is 4.39. The first-order valence-electron chi connectivity index (χ1n) is 8.34. The fourth-order valence-electron chi connectivity index (χ4n) is 3.05. The molecule has 0 saturated heterocycles. The molecule has 3 aromatic rings. The van der Waals surface area contributed by atoms with Crippen LogP contribution in [0.15, 0.2) is 47.3 Å². The Balaban J connectivity index is 1.66. The molecule has 5 nitrogen and oxygen atoms in total. The highest BCUT2D eigenvalue weighted by atomic mass is 35.5. The monoisotopic (exact) mass is 368 g/mol. The minimum absolute atomic E-state index is 0.152. The van der Waals surface area contributed by atoms with E-state index >= 15 is 0 Å². The molecule has 0 bridgehead atoms. The van der Waals surface area contributed by atoms with E-state index in [-0.39, 0.29) is 5.91 Å². The molecule has 2 aromatic carbocycles. The van der Waals surface area contributed by atoms with Crippen LogP contribution in [0.1, 0.15) is 27.0 Å². The fraction of sp³-hybridized carbons (Fsp3) is 0.200. The number of hydrogen-bond acceptors (Lipinski definition) is 4. The molecule has 0 saturated carbocycles. The number of rotatable bonds is 3. The third-order valence-corrected chi connectivity index (χ3v) is 4.97. The normalized spacial score (nSPS) is 13.5. The van der Waals surface area contributed by atoms with Crippen LogP contribution in [0.25, 0.3) is 11.3 Å². The van der Waals surface area contributed by atoms with Crippen LogP contribution < -0.4 is 10.1 Å². The first kappa shape index (κ1) is 16.7. The molecule has 1 aliphatic heterocycles. The average molecular weight is 369 g/mol. The molecule has 0 spiro atoms.